The molecule has 2 heteroatoms. The molecule has 2 saturated carbocycles. The summed E-state index contributed by atoms with van der Waals surface area (Å²) in [6, 6.07) is 2.41. The topological polar surface area (TPSA) is 15.3 Å². The van der Waals surface area contributed by atoms with Crippen molar-refractivity contribution in [2.75, 3.05) is 13.1 Å². The molecule has 3 unspecified atom stereocenters. The van der Waals surface area contributed by atoms with E-state index in [9.17, 15) is 0 Å². The first-order chi connectivity index (χ1) is 9.97. The SMILES string of the molecule is CCCCN(C1CC1)C1CC(C(C)(C)C)CCC1NCC. The van der Waals surface area contributed by atoms with Crippen molar-refractivity contribution < 1.29 is 0 Å². The van der Waals surface area contributed by atoms with Crippen LogP contribution in [0.3, 0.4) is 0 Å². The summed E-state index contributed by atoms with van der Waals surface area (Å²) in [6.45, 7) is 14.4. The minimum Gasteiger partial charge on any atom is -0.313 e. The van der Waals surface area contributed by atoms with Crippen molar-refractivity contribution in [2.24, 2.45) is 11.3 Å². The van der Waals surface area contributed by atoms with Gasteiger partial charge in [-0.25, -0.2) is 0 Å². The average Bonchev–Trinajstić information content (AvgIpc) is 3.24. The van der Waals surface area contributed by atoms with Gasteiger partial charge in [-0.3, -0.25) is 4.90 Å². The van der Waals surface area contributed by atoms with Gasteiger partial charge in [-0.2, -0.15) is 0 Å². The Bertz CT molecular complexity index is 303. The predicted octanol–water partition coefficient (Wildman–Crippen LogP) is 4.44. The summed E-state index contributed by atoms with van der Waals surface area (Å²) in [5.41, 5.74) is 0.468. The average molecular weight is 295 g/mol. The standard InChI is InChI=1S/C19H38N2/c1-6-8-13-21(16-10-11-16)18-14-15(19(3,4)5)9-12-17(18)20-7-2/h15-18,20H,6-14H2,1-5H3. The van der Waals surface area contributed by atoms with Crippen molar-refractivity contribution in [3.8, 4) is 0 Å². The molecule has 0 aromatic heterocycles. The number of rotatable bonds is 7. The lowest BCUT2D eigenvalue weighted by Gasteiger charge is -2.47. The summed E-state index contributed by atoms with van der Waals surface area (Å²) in [5.74, 6) is 0.889. The van der Waals surface area contributed by atoms with Gasteiger partial charge in [0.15, 0.2) is 0 Å². The third-order valence-electron chi connectivity index (χ3n) is 5.72. The maximum absolute atomic E-state index is 3.80. The largest absolute Gasteiger partial charge is 0.313 e. The van der Waals surface area contributed by atoms with Crippen molar-refractivity contribution in [3.05, 3.63) is 0 Å². The predicted molar refractivity (Wildman–Crippen MR) is 92.7 cm³/mol. The Morgan fingerprint density at radius 1 is 1.05 bits per heavy atom. The van der Waals surface area contributed by atoms with E-state index in [1.54, 1.807) is 0 Å². The summed E-state index contributed by atoms with van der Waals surface area (Å²) < 4.78 is 0. The highest BCUT2D eigenvalue weighted by Crippen LogP contribution is 2.42. The molecule has 0 aliphatic heterocycles. The summed E-state index contributed by atoms with van der Waals surface area (Å²) >= 11 is 0. The maximum atomic E-state index is 3.80. The van der Waals surface area contributed by atoms with Crippen LogP contribution in [-0.2, 0) is 0 Å². The molecular formula is C19H38N2. The summed E-state index contributed by atoms with van der Waals surface area (Å²) in [7, 11) is 0. The molecule has 21 heavy (non-hydrogen) atoms. The van der Waals surface area contributed by atoms with Crippen molar-refractivity contribution in [1.29, 1.82) is 0 Å². The lowest BCUT2D eigenvalue weighted by atomic mass is 9.69. The van der Waals surface area contributed by atoms with Crippen LogP contribution < -0.4 is 5.32 Å². The molecule has 0 aromatic rings. The Labute approximate surface area is 133 Å². The monoisotopic (exact) mass is 294 g/mol. The van der Waals surface area contributed by atoms with Crippen molar-refractivity contribution in [1.82, 2.24) is 10.2 Å². The molecule has 0 spiro atoms. The molecule has 2 fully saturated rings. The van der Waals surface area contributed by atoms with Gasteiger partial charge in [0.1, 0.15) is 0 Å². The second kappa shape index (κ2) is 7.46. The molecule has 0 saturated heterocycles. The molecule has 0 aromatic carbocycles. The van der Waals surface area contributed by atoms with Crippen LogP contribution in [0.2, 0.25) is 0 Å². The van der Waals surface area contributed by atoms with Gasteiger partial charge in [0.25, 0.3) is 0 Å². The van der Waals surface area contributed by atoms with Gasteiger partial charge in [0, 0.05) is 18.1 Å². The van der Waals surface area contributed by atoms with Crippen LogP contribution in [0, 0.1) is 11.3 Å². The number of nitrogens with one attached hydrogen (secondary N) is 1. The molecule has 0 bridgehead atoms. The highest BCUT2D eigenvalue weighted by atomic mass is 15.2. The van der Waals surface area contributed by atoms with Crippen LogP contribution in [-0.4, -0.2) is 36.1 Å². The van der Waals surface area contributed by atoms with Crippen LogP contribution in [0.5, 0.6) is 0 Å². The van der Waals surface area contributed by atoms with Gasteiger partial charge in [0.05, 0.1) is 0 Å². The van der Waals surface area contributed by atoms with E-state index in [1.807, 2.05) is 0 Å². The quantitative estimate of drug-likeness (QED) is 0.746. The van der Waals surface area contributed by atoms with Crippen LogP contribution in [0.4, 0.5) is 0 Å². The molecule has 2 aliphatic carbocycles. The van der Waals surface area contributed by atoms with E-state index in [-0.39, 0.29) is 0 Å². The van der Waals surface area contributed by atoms with Crippen molar-refractivity contribution in [2.45, 2.75) is 97.7 Å². The molecule has 2 nitrogen and oxygen atoms in total. The molecule has 0 amide bonds. The number of likely N-dealkylation sites (N-methyl/N-ethyl adjacent to an activating group) is 1. The number of hydrogen-bond acceptors (Lipinski definition) is 2. The van der Waals surface area contributed by atoms with Gasteiger partial charge in [0.2, 0.25) is 0 Å². The van der Waals surface area contributed by atoms with E-state index in [0.29, 0.717) is 5.41 Å². The molecule has 2 aliphatic rings. The first-order valence-corrected chi connectivity index (χ1v) is 9.46. The summed E-state index contributed by atoms with van der Waals surface area (Å²) in [4.78, 5) is 2.90. The zero-order chi connectivity index (χ0) is 15.5. The Hall–Kier alpha value is -0.0800. The number of nitrogens with zero attached hydrogens (tertiary/aromatic N) is 1. The fourth-order valence-electron chi connectivity index (χ4n) is 4.17. The summed E-state index contributed by atoms with van der Waals surface area (Å²) in [6.07, 6.45) is 9.76. The van der Waals surface area contributed by atoms with Crippen LogP contribution in [0.25, 0.3) is 0 Å². The van der Waals surface area contributed by atoms with Crippen LogP contribution >= 0.6 is 0 Å². The molecule has 0 radical (unpaired) electrons. The zero-order valence-corrected chi connectivity index (χ0v) is 15.1. The van der Waals surface area contributed by atoms with Gasteiger partial charge in [-0.05, 0) is 62.9 Å². The van der Waals surface area contributed by atoms with E-state index < -0.39 is 0 Å². The number of unbranched alkanes of at least 4 members (excludes halogenated alkanes) is 1. The van der Waals surface area contributed by atoms with E-state index in [2.05, 4.69) is 44.8 Å². The van der Waals surface area contributed by atoms with Crippen LogP contribution in [0.1, 0.15) is 79.6 Å². The Kier molecular flexibility index (Phi) is 6.14. The minimum atomic E-state index is 0.468. The summed E-state index contributed by atoms with van der Waals surface area (Å²) in [5, 5.41) is 3.80. The first-order valence-electron chi connectivity index (χ1n) is 9.46. The minimum absolute atomic E-state index is 0.468. The van der Waals surface area contributed by atoms with E-state index in [4.69, 9.17) is 0 Å². The Morgan fingerprint density at radius 2 is 1.76 bits per heavy atom. The van der Waals surface area contributed by atoms with Crippen LogP contribution in [0.15, 0.2) is 0 Å². The maximum Gasteiger partial charge on any atom is 0.0255 e. The van der Waals surface area contributed by atoms with Gasteiger partial charge in [-0.1, -0.05) is 41.0 Å². The molecule has 0 heterocycles. The molecular weight excluding hydrogens is 256 g/mol. The lowest BCUT2D eigenvalue weighted by Crippen LogP contribution is -2.55. The fourth-order valence-corrected chi connectivity index (χ4v) is 4.17. The normalized spacial score (nSPS) is 30.9. The van der Waals surface area contributed by atoms with Gasteiger partial charge in [-0.15, -0.1) is 0 Å². The second-order valence-electron chi connectivity index (χ2n) is 8.43. The molecule has 124 valence electrons. The first kappa shape index (κ1) is 17.3. The van der Waals surface area contributed by atoms with E-state index >= 15 is 0 Å². The second-order valence-corrected chi connectivity index (χ2v) is 8.43. The van der Waals surface area contributed by atoms with Crippen molar-refractivity contribution in [3.63, 3.8) is 0 Å². The molecule has 2 rings (SSSR count). The highest BCUT2D eigenvalue weighted by molar-refractivity contribution is 4.98. The van der Waals surface area contributed by atoms with Crippen molar-refractivity contribution >= 4 is 0 Å². The van der Waals surface area contributed by atoms with Gasteiger partial charge < -0.3 is 5.32 Å². The zero-order valence-electron chi connectivity index (χ0n) is 15.1. The number of hydrogen-bond donors (Lipinski definition) is 1. The Balaban J connectivity index is 2.07. The smallest absolute Gasteiger partial charge is 0.0255 e. The third-order valence-corrected chi connectivity index (χ3v) is 5.72. The Morgan fingerprint density at radius 3 is 2.29 bits per heavy atom. The molecule has 3 atom stereocenters. The third kappa shape index (κ3) is 4.69. The van der Waals surface area contributed by atoms with E-state index in [1.165, 1.54) is 51.5 Å². The molecule has 1 N–H and O–H groups in total. The fraction of sp³-hybridized carbons (Fsp3) is 1.00. The lowest BCUT2D eigenvalue weighted by molar-refractivity contribution is 0.0527. The highest BCUT2D eigenvalue weighted by Gasteiger charge is 2.42. The van der Waals surface area contributed by atoms with Gasteiger partial charge >= 0.3 is 0 Å². The van der Waals surface area contributed by atoms with E-state index in [0.717, 1.165) is 30.6 Å².